The van der Waals surface area contributed by atoms with Gasteiger partial charge >= 0.3 is 0 Å². The predicted molar refractivity (Wildman–Crippen MR) is 88.0 cm³/mol. The van der Waals surface area contributed by atoms with E-state index in [9.17, 15) is 0 Å². The summed E-state index contributed by atoms with van der Waals surface area (Å²) in [5, 5.41) is 0.932. The number of halogens is 2. The molecule has 0 amide bonds. The molecule has 3 rings (SSSR count). The maximum Gasteiger partial charge on any atom is 0.152 e. The van der Waals surface area contributed by atoms with Crippen LogP contribution in [0.15, 0.2) is 24.4 Å². The van der Waals surface area contributed by atoms with Crippen molar-refractivity contribution in [1.82, 2.24) is 9.97 Å². The Morgan fingerprint density at radius 1 is 1.10 bits per heavy atom. The third kappa shape index (κ3) is 2.92. The number of hydrogen-bond donors (Lipinski definition) is 1. The number of rotatable bonds is 2. The highest BCUT2D eigenvalue weighted by Crippen LogP contribution is 2.35. The summed E-state index contributed by atoms with van der Waals surface area (Å²) in [7, 11) is 0. The van der Waals surface area contributed by atoms with Gasteiger partial charge in [-0.05, 0) is 25.3 Å². The molecule has 0 radical (unpaired) electrons. The van der Waals surface area contributed by atoms with E-state index in [0.29, 0.717) is 27.1 Å². The molecular formula is C15H16Cl2N4. The molecule has 1 aliphatic heterocycles. The number of nitrogens with two attached hydrogens (primary N) is 1. The summed E-state index contributed by atoms with van der Waals surface area (Å²) in [4.78, 5) is 11.2. The molecular weight excluding hydrogens is 307 g/mol. The van der Waals surface area contributed by atoms with Gasteiger partial charge in [0.05, 0.1) is 16.2 Å². The minimum Gasteiger partial charge on any atom is -0.382 e. The molecule has 1 fully saturated rings. The third-order valence-electron chi connectivity index (χ3n) is 3.67. The molecule has 1 aromatic heterocycles. The van der Waals surface area contributed by atoms with Crippen LogP contribution in [0.2, 0.25) is 10.0 Å². The number of anilines is 2. The maximum atomic E-state index is 6.22. The van der Waals surface area contributed by atoms with Crippen molar-refractivity contribution in [2.75, 3.05) is 23.7 Å². The number of aromatic nitrogens is 2. The van der Waals surface area contributed by atoms with Crippen molar-refractivity contribution in [3.05, 3.63) is 34.4 Å². The van der Waals surface area contributed by atoms with E-state index < -0.39 is 0 Å². The second-order valence-corrected chi connectivity index (χ2v) is 5.90. The van der Waals surface area contributed by atoms with Crippen LogP contribution >= 0.6 is 23.2 Å². The lowest BCUT2D eigenvalue weighted by atomic mass is 10.1. The van der Waals surface area contributed by atoms with Gasteiger partial charge in [-0.15, -0.1) is 0 Å². The number of nitrogens with zero attached hydrogens (tertiary/aromatic N) is 3. The van der Waals surface area contributed by atoms with E-state index >= 15 is 0 Å². The number of benzene rings is 1. The van der Waals surface area contributed by atoms with Gasteiger partial charge in [0.2, 0.25) is 0 Å². The Balaban J connectivity index is 1.96. The van der Waals surface area contributed by atoms with Crippen LogP contribution in [0.3, 0.4) is 0 Å². The average molecular weight is 323 g/mol. The van der Waals surface area contributed by atoms with Gasteiger partial charge in [0, 0.05) is 18.7 Å². The molecule has 4 nitrogen and oxygen atoms in total. The van der Waals surface area contributed by atoms with Crippen molar-refractivity contribution in [1.29, 1.82) is 0 Å². The van der Waals surface area contributed by atoms with Crippen LogP contribution in [0.4, 0.5) is 11.6 Å². The Bertz CT molecular complexity index is 654. The Labute approximate surface area is 133 Å². The molecule has 0 saturated carbocycles. The molecule has 110 valence electrons. The van der Waals surface area contributed by atoms with Crippen molar-refractivity contribution >= 4 is 34.8 Å². The van der Waals surface area contributed by atoms with E-state index in [2.05, 4.69) is 14.9 Å². The molecule has 2 N–H and O–H groups in total. The van der Waals surface area contributed by atoms with Crippen LogP contribution in [0.5, 0.6) is 0 Å². The van der Waals surface area contributed by atoms with Crippen LogP contribution < -0.4 is 10.6 Å². The summed E-state index contributed by atoms with van der Waals surface area (Å²) in [5.41, 5.74) is 7.36. The zero-order valence-corrected chi connectivity index (χ0v) is 13.0. The lowest BCUT2D eigenvalue weighted by Gasteiger charge is -2.27. The molecule has 0 aliphatic carbocycles. The fourth-order valence-corrected chi connectivity index (χ4v) is 2.95. The largest absolute Gasteiger partial charge is 0.382 e. The van der Waals surface area contributed by atoms with E-state index in [1.807, 2.05) is 12.1 Å². The number of hydrogen-bond acceptors (Lipinski definition) is 4. The first-order valence-electron chi connectivity index (χ1n) is 6.98. The van der Waals surface area contributed by atoms with Crippen LogP contribution in [-0.4, -0.2) is 23.1 Å². The first-order valence-corrected chi connectivity index (χ1v) is 7.74. The van der Waals surface area contributed by atoms with Crippen LogP contribution in [0.25, 0.3) is 11.3 Å². The number of nitrogen functional groups attached to an aromatic ring is 1. The van der Waals surface area contributed by atoms with Gasteiger partial charge in [0.1, 0.15) is 11.5 Å². The monoisotopic (exact) mass is 322 g/mol. The molecule has 1 saturated heterocycles. The SMILES string of the molecule is Nc1nc(N2CCCCC2)cnc1-c1cccc(Cl)c1Cl. The van der Waals surface area contributed by atoms with Crippen LogP contribution in [0.1, 0.15) is 19.3 Å². The standard InChI is InChI=1S/C15H16Cl2N4/c16-11-6-4-5-10(13(11)17)14-15(18)20-12(9-19-14)21-7-2-1-3-8-21/h4-6,9H,1-3,7-8H2,(H2,18,20). The highest BCUT2D eigenvalue weighted by molar-refractivity contribution is 6.43. The number of piperidine rings is 1. The van der Waals surface area contributed by atoms with Gasteiger partial charge in [0.25, 0.3) is 0 Å². The molecule has 1 aliphatic rings. The molecule has 21 heavy (non-hydrogen) atoms. The van der Waals surface area contributed by atoms with Gasteiger partial charge in [0.15, 0.2) is 5.82 Å². The summed E-state index contributed by atoms with van der Waals surface area (Å²) in [5.74, 6) is 1.20. The average Bonchev–Trinajstić information content (AvgIpc) is 2.51. The molecule has 6 heteroatoms. The quantitative estimate of drug-likeness (QED) is 0.907. The van der Waals surface area contributed by atoms with E-state index in [1.54, 1.807) is 12.3 Å². The Hall–Kier alpha value is -1.52. The van der Waals surface area contributed by atoms with Crippen LogP contribution in [0, 0.1) is 0 Å². The van der Waals surface area contributed by atoms with Crippen molar-refractivity contribution in [2.45, 2.75) is 19.3 Å². The molecule has 0 bridgehead atoms. The van der Waals surface area contributed by atoms with E-state index in [0.717, 1.165) is 18.9 Å². The lowest BCUT2D eigenvalue weighted by Crippen LogP contribution is -2.30. The van der Waals surface area contributed by atoms with E-state index in [-0.39, 0.29) is 0 Å². The predicted octanol–water partition coefficient (Wildman–Crippen LogP) is 4.02. The first-order chi connectivity index (χ1) is 10.2. The Morgan fingerprint density at radius 3 is 2.57 bits per heavy atom. The van der Waals surface area contributed by atoms with Gasteiger partial charge in [-0.2, -0.15) is 0 Å². The smallest absolute Gasteiger partial charge is 0.152 e. The van der Waals surface area contributed by atoms with Gasteiger partial charge < -0.3 is 10.6 Å². The fourth-order valence-electron chi connectivity index (χ4n) is 2.56. The van der Waals surface area contributed by atoms with Crippen molar-refractivity contribution in [3.63, 3.8) is 0 Å². The molecule has 0 atom stereocenters. The van der Waals surface area contributed by atoms with Crippen molar-refractivity contribution < 1.29 is 0 Å². The molecule has 2 heterocycles. The molecule has 0 unspecified atom stereocenters. The normalized spacial score (nSPS) is 15.2. The second-order valence-electron chi connectivity index (χ2n) is 5.11. The summed E-state index contributed by atoms with van der Waals surface area (Å²) in [6.07, 6.45) is 5.40. The Morgan fingerprint density at radius 2 is 1.86 bits per heavy atom. The molecule has 1 aromatic carbocycles. The topological polar surface area (TPSA) is 55.0 Å². The summed E-state index contributed by atoms with van der Waals surface area (Å²) in [6, 6.07) is 5.40. The zero-order chi connectivity index (χ0) is 14.8. The van der Waals surface area contributed by atoms with Crippen molar-refractivity contribution in [3.8, 4) is 11.3 Å². The van der Waals surface area contributed by atoms with Gasteiger partial charge in [-0.3, -0.25) is 0 Å². The maximum absolute atomic E-state index is 6.22. The highest BCUT2D eigenvalue weighted by Gasteiger charge is 2.16. The third-order valence-corrected chi connectivity index (χ3v) is 4.49. The van der Waals surface area contributed by atoms with E-state index in [1.165, 1.54) is 19.3 Å². The summed E-state index contributed by atoms with van der Waals surface area (Å²) < 4.78 is 0. The molecule has 2 aromatic rings. The summed E-state index contributed by atoms with van der Waals surface area (Å²) >= 11 is 12.3. The zero-order valence-electron chi connectivity index (χ0n) is 11.5. The van der Waals surface area contributed by atoms with E-state index in [4.69, 9.17) is 28.9 Å². The molecule has 0 spiro atoms. The van der Waals surface area contributed by atoms with Gasteiger partial charge in [-0.25, -0.2) is 9.97 Å². The lowest BCUT2D eigenvalue weighted by molar-refractivity contribution is 0.573. The first kappa shape index (κ1) is 14.4. The van der Waals surface area contributed by atoms with Crippen LogP contribution in [-0.2, 0) is 0 Å². The minimum atomic E-state index is 0.377. The van der Waals surface area contributed by atoms with Gasteiger partial charge in [-0.1, -0.05) is 35.3 Å². The fraction of sp³-hybridized carbons (Fsp3) is 0.333. The second kappa shape index (κ2) is 6.08. The highest BCUT2D eigenvalue weighted by atomic mass is 35.5. The minimum absolute atomic E-state index is 0.377. The Kier molecular flexibility index (Phi) is 4.17. The summed E-state index contributed by atoms with van der Waals surface area (Å²) in [6.45, 7) is 2.01. The van der Waals surface area contributed by atoms with Crippen molar-refractivity contribution in [2.24, 2.45) is 0 Å².